The van der Waals surface area contributed by atoms with Crippen LogP contribution in [0.25, 0.3) is 0 Å². The van der Waals surface area contributed by atoms with Crippen LogP contribution in [0.5, 0.6) is 0 Å². The molecule has 0 saturated heterocycles. The summed E-state index contributed by atoms with van der Waals surface area (Å²) in [7, 11) is 0. The van der Waals surface area contributed by atoms with Crippen molar-refractivity contribution in [3.8, 4) is 0 Å². The molecule has 0 saturated carbocycles. The van der Waals surface area contributed by atoms with Gasteiger partial charge in [-0.15, -0.1) is 0 Å². The first-order chi connectivity index (χ1) is 24.7. The van der Waals surface area contributed by atoms with E-state index < -0.39 is 0 Å². The molecule has 0 spiro atoms. The number of rotatable bonds is 20. The highest BCUT2D eigenvalue weighted by molar-refractivity contribution is 5.81. The zero-order chi connectivity index (χ0) is 35.0. The van der Waals surface area contributed by atoms with Gasteiger partial charge in [-0.05, 0) is 123 Å². The number of hydrogen-bond acceptors (Lipinski definition) is 6. The van der Waals surface area contributed by atoms with Gasteiger partial charge in [-0.25, -0.2) is 0 Å². The van der Waals surface area contributed by atoms with Crippen LogP contribution in [-0.2, 0) is 0 Å². The smallest absolute Gasteiger partial charge is 0.0492 e. The highest BCUT2D eigenvalue weighted by atomic mass is 15.2. The predicted molar refractivity (Wildman–Crippen MR) is 215 cm³/mol. The molecule has 3 aromatic carbocycles. The molecule has 0 bridgehead atoms. The minimum atomic E-state index is 1.05. The summed E-state index contributed by atoms with van der Waals surface area (Å²) >= 11 is 0. The number of anilines is 8. The molecular formula is C44H56N6. The van der Waals surface area contributed by atoms with E-state index in [9.17, 15) is 0 Å². The minimum absolute atomic E-state index is 1.05. The molecule has 0 unspecified atom stereocenters. The van der Waals surface area contributed by atoms with E-state index in [1.807, 2.05) is 49.1 Å². The number of pyridine rings is 2. The monoisotopic (exact) mass is 668 g/mol. The quantitative estimate of drug-likeness (QED) is 0.0822. The summed E-state index contributed by atoms with van der Waals surface area (Å²) in [4.78, 5) is 18.2. The van der Waals surface area contributed by atoms with Gasteiger partial charge in [-0.3, -0.25) is 9.97 Å². The van der Waals surface area contributed by atoms with Gasteiger partial charge in [0, 0.05) is 96.5 Å². The van der Waals surface area contributed by atoms with Gasteiger partial charge in [-0.1, -0.05) is 53.4 Å². The number of benzene rings is 3. The van der Waals surface area contributed by atoms with E-state index in [0.29, 0.717) is 0 Å². The first-order valence-corrected chi connectivity index (χ1v) is 18.9. The molecule has 0 aliphatic rings. The van der Waals surface area contributed by atoms with Gasteiger partial charge >= 0.3 is 0 Å². The number of unbranched alkanes of at least 4 members (excludes halogenated alkanes) is 4. The summed E-state index contributed by atoms with van der Waals surface area (Å²) < 4.78 is 0. The van der Waals surface area contributed by atoms with Gasteiger partial charge in [0.2, 0.25) is 0 Å². The summed E-state index contributed by atoms with van der Waals surface area (Å²) in [5, 5.41) is 0. The second kappa shape index (κ2) is 19.4. The molecule has 2 heterocycles. The third-order valence-corrected chi connectivity index (χ3v) is 9.28. The first-order valence-electron chi connectivity index (χ1n) is 18.9. The van der Waals surface area contributed by atoms with Crippen LogP contribution in [0, 0.1) is 0 Å². The molecule has 0 radical (unpaired) electrons. The van der Waals surface area contributed by atoms with Crippen LogP contribution in [0.4, 0.5) is 45.5 Å². The molecule has 0 amide bonds. The lowest BCUT2D eigenvalue weighted by molar-refractivity contribution is 0.678. The van der Waals surface area contributed by atoms with Crippen molar-refractivity contribution in [3.05, 3.63) is 122 Å². The normalized spacial score (nSPS) is 11.0. The standard InChI is InChI=1S/C44H56N6/c1-5-9-33-47(34-10-6-2)37-13-17-39(18-14-37)49(40-19-15-38(16-20-40)48(35-11-7-3)36-12-8-4)41-21-23-42(24-22-41)50(43-25-29-45-30-26-43)44-27-31-46-32-28-44/h13-32H,5-12,33-36H2,1-4H3. The zero-order valence-corrected chi connectivity index (χ0v) is 30.7. The maximum absolute atomic E-state index is 4.26. The van der Waals surface area contributed by atoms with Crippen molar-refractivity contribution in [1.29, 1.82) is 0 Å². The summed E-state index contributed by atoms with van der Waals surface area (Å²) in [5.41, 5.74) is 9.18. The van der Waals surface area contributed by atoms with Crippen molar-refractivity contribution >= 4 is 45.5 Å². The lowest BCUT2D eigenvalue weighted by Gasteiger charge is -2.30. The Kier molecular flexibility index (Phi) is 14.1. The van der Waals surface area contributed by atoms with Crippen LogP contribution >= 0.6 is 0 Å². The Morgan fingerprint density at radius 3 is 0.780 bits per heavy atom. The van der Waals surface area contributed by atoms with Crippen LogP contribution in [-0.4, -0.2) is 36.1 Å². The molecule has 50 heavy (non-hydrogen) atoms. The lowest BCUT2D eigenvalue weighted by Crippen LogP contribution is -2.25. The van der Waals surface area contributed by atoms with Crippen molar-refractivity contribution in [2.75, 3.05) is 45.8 Å². The topological polar surface area (TPSA) is 38.7 Å². The summed E-state index contributed by atoms with van der Waals surface area (Å²) in [6.07, 6.45) is 17.0. The Bertz CT molecular complexity index is 1520. The SMILES string of the molecule is CCCCN(CCCC)c1ccc(N(c2ccc(N(CCCC)CCCC)cc2)c2ccc(N(c3ccncc3)c3ccncc3)cc2)cc1. The minimum Gasteiger partial charge on any atom is -0.372 e. The first kappa shape index (κ1) is 36.4. The summed E-state index contributed by atoms with van der Waals surface area (Å²) in [5.74, 6) is 0. The fraction of sp³-hybridized carbons (Fsp3) is 0.364. The Hall–Kier alpha value is -4.84. The third-order valence-electron chi connectivity index (χ3n) is 9.28. The molecule has 262 valence electrons. The Morgan fingerprint density at radius 1 is 0.320 bits per heavy atom. The summed E-state index contributed by atoms with van der Waals surface area (Å²) in [6.45, 7) is 13.5. The number of hydrogen-bond donors (Lipinski definition) is 0. The van der Waals surface area contributed by atoms with Crippen molar-refractivity contribution < 1.29 is 0 Å². The Labute approximate surface area is 301 Å². The molecule has 0 fully saturated rings. The molecule has 6 heteroatoms. The van der Waals surface area contributed by atoms with E-state index in [-0.39, 0.29) is 0 Å². The second-order valence-corrected chi connectivity index (χ2v) is 13.0. The van der Waals surface area contributed by atoms with E-state index in [1.54, 1.807) is 0 Å². The van der Waals surface area contributed by atoms with Gasteiger partial charge in [-0.2, -0.15) is 0 Å². The number of aromatic nitrogens is 2. The van der Waals surface area contributed by atoms with Gasteiger partial charge in [0.15, 0.2) is 0 Å². The fourth-order valence-corrected chi connectivity index (χ4v) is 6.39. The zero-order valence-electron chi connectivity index (χ0n) is 30.7. The van der Waals surface area contributed by atoms with Crippen LogP contribution in [0.15, 0.2) is 122 Å². The van der Waals surface area contributed by atoms with E-state index >= 15 is 0 Å². The highest BCUT2D eigenvalue weighted by Crippen LogP contribution is 2.39. The average molecular weight is 669 g/mol. The maximum atomic E-state index is 4.26. The van der Waals surface area contributed by atoms with Gasteiger partial charge in [0.25, 0.3) is 0 Å². The predicted octanol–water partition coefficient (Wildman–Crippen LogP) is 12.2. The van der Waals surface area contributed by atoms with Crippen LogP contribution in [0.2, 0.25) is 0 Å². The van der Waals surface area contributed by atoms with Gasteiger partial charge in [0.05, 0.1) is 0 Å². The molecule has 0 aliphatic carbocycles. The Morgan fingerprint density at radius 2 is 0.540 bits per heavy atom. The van der Waals surface area contributed by atoms with E-state index in [1.165, 1.54) is 62.7 Å². The molecule has 0 aliphatic heterocycles. The average Bonchev–Trinajstić information content (AvgIpc) is 3.17. The molecule has 5 rings (SSSR count). The van der Waals surface area contributed by atoms with Crippen molar-refractivity contribution in [2.24, 2.45) is 0 Å². The molecule has 5 aromatic rings. The fourth-order valence-electron chi connectivity index (χ4n) is 6.39. The van der Waals surface area contributed by atoms with Gasteiger partial charge in [0.1, 0.15) is 0 Å². The van der Waals surface area contributed by atoms with Crippen molar-refractivity contribution in [3.63, 3.8) is 0 Å². The van der Waals surface area contributed by atoms with Crippen LogP contribution < -0.4 is 19.6 Å². The molecule has 6 nitrogen and oxygen atoms in total. The molecule has 2 aromatic heterocycles. The van der Waals surface area contributed by atoms with Crippen LogP contribution in [0.1, 0.15) is 79.1 Å². The number of nitrogens with zero attached hydrogens (tertiary/aromatic N) is 6. The largest absolute Gasteiger partial charge is 0.372 e. The van der Waals surface area contributed by atoms with E-state index in [2.05, 4.69) is 130 Å². The molecule has 0 N–H and O–H groups in total. The highest BCUT2D eigenvalue weighted by Gasteiger charge is 2.17. The van der Waals surface area contributed by atoms with E-state index in [4.69, 9.17) is 0 Å². The van der Waals surface area contributed by atoms with Crippen LogP contribution in [0.3, 0.4) is 0 Å². The lowest BCUT2D eigenvalue weighted by atomic mass is 10.1. The van der Waals surface area contributed by atoms with Crippen molar-refractivity contribution in [2.45, 2.75) is 79.1 Å². The second-order valence-electron chi connectivity index (χ2n) is 13.0. The third kappa shape index (κ3) is 9.65. The van der Waals surface area contributed by atoms with Gasteiger partial charge < -0.3 is 19.6 Å². The molecule has 0 atom stereocenters. The Balaban J connectivity index is 1.52. The summed E-state index contributed by atoms with van der Waals surface area (Å²) in [6, 6.07) is 35.4. The van der Waals surface area contributed by atoms with E-state index in [0.717, 1.165) is 60.3 Å². The molecular weight excluding hydrogens is 613 g/mol. The van der Waals surface area contributed by atoms with Crippen molar-refractivity contribution in [1.82, 2.24) is 9.97 Å². The maximum Gasteiger partial charge on any atom is 0.0492 e.